The molecular weight excluding hydrogens is 480 g/mol. The Bertz CT molecular complexity index is 1470. The molecule has 1 aromatic heterocycles. The fraction of sp³-hybridized carbons (Fsp3) is 0.192. The third kappa shape index (κ3) is 5.33. The highest BCUT2D eigenvalue weighted by molar-refractivity contribution is 7.80. The summed E-state index contributed by atoms with van der Waals surface area (Å²) in [5.74, 6) is 0.368. The summed E-state index contributed by atoms with van der Waals surface area (Å²) in [6.45, 7) is 4.32. The van der Waals surface area contributed by atoms with Crippen LogP contribution in [0.1, 0.15) is 42.1 Å². The largest absolute Gasteiger partial charge is 0.490 e. The number of nitro groups is 1. The number of aromatic nitrogens is 1. The summed E-state index contributed by atoms with van der Waals surface area (Å²) in [6, 6.07) is 17.2. The molecule has 3 aromatic carbocycles. The van der Waals surface area contributed by atoms with E-state index in [9.17, 15) is 14.9 Å². The number of rotatable bonds is 7. The van der Waals surface area contributed by atoms with Gasteiger partial charge < -0.3 is 14.5 Å². The number of nitrogens with one attached hydrogen (secondary N) is 2. The van der Waals surface area contributed by atoms with Crippen LogP contribution in [0.25, 0.3) is 22.6 Å². The average molecular weight is 505 g/mol. The average Bonchev–Trinajstić information content (AvgIpc) is 3.31. The van der Waals surface area contributed by atoms with E-state index in [-0.39, 0.29) is 22.1 Å². The predicted octanol–water partition coefficient (Wildman–Crippen LogP) is 6.05. The first-order valence-electron chi connectivity index (χ1n) is 11.2. The van der Waals surface area contributed by atoms with E-state index in [1.165, 1.54) is 24.8 Å². The van der Waals surface area contributed by atoms with Gasteiger partial charge in [-0.3, -0.25) is 20.2 Å². The number of amides is 1. The zero-order valence-electron chi connectivity index (χ0n) is 19.9. The fourth-order valence-corrected chi connectivity index (χ4v) is 3.86. The number of ether oxygens (including phenoxy) is 1. The van der Waals surface area contributed by atoms with Gasteiger partial charge in [0.25, 0.3) is 5.91 Å². The van der Waals surface area contributed by atoms with Crippen LogP contribution in [0, 0.1) is 10.1 Å². The Labute approximate surface area is 212 Å². The van der Waals surface area contributed by atoms with Gasteiger partial charge in [0.1, 0.15) is 5.52 Å². The second kappa shape index (κ2) is 10.5. The fourth-order valence-electron chi connectivity index (χ4n) is 3.65. The van der Waals surface area contributed by atoms with Crippen molar-refractivity contribution in [2.45, 2.75) is 26.2 Å². The molecule has 4 rings (SSSR count). The zero-order valence-corrected chi connectivity index (χ0v) is 20.7. The van der Waals surface area contributed by atoms with Crippen molar-refractivity contribution in [1.29, 1.82) is 0 Å². The second-order valence-corrected chi connectivity index (χ2v) is 8.60. The van der Waals surface area contributed by atoms with Crippen molar-refractivity contribution in [1.82, 2.24) is 10.3 Å². The number of carbonyl (C=O) groups is 1. The minimum Gasteiger partial charge on any atom is -0.490 e. The predicted molar refractivity (Wildman–Crippen MR) is 141 cm³/mol. The molecule has 0 saturated carbocycles. The molecule has 0 saturated heterocycles. The van der Waals surface area contributed by atoms with Crippen LogP contribution in [-0.2, 0) is 0 Å². The van der Waals surface area contributed by atoms with Crippen LogP contribution >= 0.6 is 12.2 Å². The summed E-state index contributed by atoms with van der Waals surface area (Å²) in [5, 5.41) is 16.7. The van der Waals surface area contributed by atoms with Crippen LogP contribution in [0.15, 0.2) is 65.1 Å². The lowest BCUT2D eigenvalue weighted by molar-refractivity contribution is -0.385. The van der Waals surface area contributed by atoms with Crippen molar-refractivity contribution in [3.63, 3.8) is 0 Å². The number of carbonyl (C=O) groups excluding carboxylic acids is 1. The maximum atomic E-state index is 12.6. The number of nitrogens with zero attached hydrogens (tertiary/aromatic N) is 2. The molecule has 0 fully saturated rings. The van der Waals surface area contributed by atoms with E-state index in [1.54, 1.807) is 12.1 Å². The molecule has 1 amide bonds. The third-order valence-electron chi connectivity index (χ3n) is 5.83. The van der Waals surface area contributed by atoms with Crippen LogP contribution < -0.4 is 15.4 Å². The molecule has 36 heavy (non-hydrogen) atoms. The molecule has 2 N–H and O–H groups in total. The van der Waals surface area contributed by atoms with Gasteiger partial charge >= 0.3 is 5.69 Å². The Morgan fingerprint density at radius 2 is 2.00 bits per heavy atom. The third-order valence-corrected chi connectivity index (χ3v) is 6.03. The monoisotopic (exact) mass is 504 g/mol. The van der Waals surface area contributed by atoms with Gasteiger partial charge in [0.15, 0.2) is 16.4 Å². The van der Waals surface area contributed by atoms with Crippen LogP contribution in [0.3, 0.4) is 0 Å². The molecule has 1 heterocycles. The Balaban J connectivity index is 1.48. The van der Waals surface area contributed by atoms with E-state index >= 15 is 0 Å². The first-order chi connectivity index (χ1) is 17.3. The Hall–Kier alpha value is -4.31. The van der Waals surface area contributed by atoms with Crippen molar-refractivity contribution in [2.24, 2.45) is 0 Å². The summed E-state index contributed by atoms with van der Waals surface area (Å²) in [5.41, 5.74) is 3.81. The summed E-state index contributed by atoms with van der Waals surface area (Å²) >= 11 is 5.27. The minimum absolute atomic E-state index is 0.0337. The van der Waals surface area contributed by atoms with Crippen molar-refractivity contribution in [3.8, 4) is 17.2 Å². The topological polar surface area (TPSA) is 120 Å². The lowest BCUT2D eigenvalue weighted by Gasteiger charge is -2.10. The Kier molecular flexibility index (Phi) is 7.25. The van der Waals surface area contributed by atoms with Crippen LogP contribution in [0.5, 0.6) is 5.75 Å². The normalized spacial score (nSPS) is 11.6. The number of thiocarbonyl (C=S) groups is 1. The number of oxazole rings is 1. The van der Waals surface area contributed by atoms with Crippen molar-refractivity contribution >= 4 is 45.7 Å². The van der Waals surface area contributed by atoms with Gasteiger partial charge in [-0.15, -0.1) is 0 Å². The highest BCUT2D eigenvalue weighted by Crippen LogP contribution is 2.29. The van der Waals surface area contributed by atoms with Gasteiger partial charge in [0, 0.05) is 22.9 Å². The molecule has 0 aliphatic rings. The molecule has 0 bridgehead atoms. The van der Waals surface area contributed by atoms with Crippen LogP contribution in [0.2, 0.25) is 0 Å². The van der Waals surface area contributed by atoms with E-state index < -0.39 is 10.8 Å². The smallest absolute Gasteiger partial charge is 0.311 e. The molecule has 10 heteroatoms. The van der Waals surface area contributed by atoms with Gasteiger partial charge in [-0.2, -0.15) is 0 Å². The maximum absolute atomic E-state index is 12.6. The quantitative estimate of drug-likeness (QED) is 0.177. The van der Waals surface area contributed by atoms with Crippen molar-refractivity contribution < 1.29 is 18.9 Å². The summed E-state index contributed by atoms with van der Waals surface area (Å²) in [6.07, 6.45) is 1.04. The zero-order chi connectivity index (χ0) is 25.8. The number of nitro benzene ring substituents is 1. The van der Waals surface area contributed by atoms with Crippen LogP contribution in [-0.4, -0.2) is 28.0 Å². The molecule has 9 nitrogen and oxygen atoms in total. The molecule has 4 aromatic rings. The molecule has 184 valence electrons. The molecule has 1 atom stereocenters. The first-order valence-corrected chi connectivity index (χ1v) is 11.7. The molecule has 0 radical (unpaired) electrons. The van der Waals surface area contributed by atoms with E-state index in [0.29, 0.717) is 23.1 Å². The standard InChI is InChI=1S/C26H24N4O5S/c1-4-15(2)16-8-10-22-20(13-16)28-25(35-22)18-6-5-7-19(12-18)27-26(36)29-24(31)17-9-11-23(34-3)21(14-17)30(32)33/h5-15H,4H2,1-3H3,(H2,27,29,31,36)/t15-/m1/s1. The van der Waals surface area contributed by atoms with Gasteiger partial charge in [0.05, 0.1) is 12.0 Å². The lowest BCUT2D eigenvalue weighted by atomic mass is 9.98. The molecule has 0 spiro atoms. The summed E-state index contributed by atoms with van der Waals surface area (Å²) in [4.78, 5) is 27.8. The number of methoxy groups -OCH3 is 1. The highest BCUT2D eigenvalue weighted by Gasteiger charge is 2.19. The van der Waals surface area contributed by atoms with Gasteiger partial charge in [-0.25, -0.2) is 4.98 Å². The minimum atomic E-state index is -0.616. The van der Waals surface area contributed by atoms with Gasteiger partial charge in [0.2, 0.25) is 5.89 Å². The van der Waals surface area contributed by atoms with Crippen molar-refractivity contribution in [2.75, 3.05) is 12.4 Å². The van der Waals surface area contributed by atoms with Gasteiger partial charge in [-0.05, 0) is 72.6 Å². The van der Waals surface area contributed by atoms with E-state index in [1.807, 2.05) is 24.3 Å². The second-order valence-electron chi connectivity index (χ2n) is 8.19. The number of benzene rings is 3. The Morgan fingerprint density at radius 1 is 1.19 bits per heavy atom. The number of hydrogen-bond acceptors (Lipinski definition) is 7. The molecule has 0 aliphatic heterocycles. The molecule has 0 unspecified atom stereocenters. The number of hydrogen-bond donors (Lipinski definition) is 2. The summed E-state index contributed by atoms with van der Waals surface area (Å²) < 4.78 is 10.9. The first kappa shape index (κ1) is 24.8. The molecular formula is C26H24N4O5S. The summed E-state index contributed by atoms with van der Waals surface area (Å²) in [7, 11) is 1.32. The van der Waals surface area contributed by atoms with E-state index in [4.69, 9.17) is 21.4 Å². The highest BCUT2D eigenvalue weighted by atomic mass is 32.1. The number of anilines is 1. The van der Waals surface area contributed by atoms with Crippen LogP contribution in [0.4, 0.5) is 11.4 Å². The van der Waals surface area contributed by atoms with Crippen molar-refractivity contribution in [3.05, 3.63) is 81.9 Å². The van der Waals surface area contributed by atoms with Gasteiger partial charge in [-0.1, -0.05) is 26.0 Å². The molecule has 0 aliphatic carbocycles. The van der Waals surface area contributed by atoms with E-state index in [2.05, 4.69) is 35.5 Å². The van der Waals surface area contributed by atoms with E-state index in [0.717, 1.165) is 23.6 Å². The SMILES string of the molecule is CC[C@@H](C)c1ccc2oc(-c3cccc(NC(=S)NC(=O)c4ccc(OC)c([N+](=O)[O-])c4)c3)nc2c1. The Morgan fingerprint density at radius 3 is 2.72 bits per heavy atom. The number of fused-ring (bicyclic) bond motifs is 1. The maximum Gasteiger partial charge on any atom is 0.311 e. The lowest BCUT2D eigenvalue weighted by Crippen LogP contribution is -2.34.